The van der Waals surface area contributed by atoms with Crippen LogP contribution in [0.2, 0.25) is 0 Å². The molecule has 0 unspecified atom stereocenters. The number of rotatable bonds is 2. The Morgan fingerprint density at radius 3 is 2.92 bits per heavy atom. The van der Waals surface area contributed by atoms with Gasteiger partial charge in [-0.05, 0) is 17.7 Å². The van der Waals surface area contributed by atoms with Crippen LogP contribution in [-0.2, 0) is 0 Å². The highest BCUT2D eigenvalue weighted by molar-refractivity contribution is 7.80. The van der Waals surface area contributed by atoms with Crippen molar-refractivity contribution in [3.8, 4) is 11.8 Å². The van der Waals surface area contributed by atoms with Crippen molar-refractivity contribution in [3.05, 3.63) is 35.4 Å². The molecular weight excluding hydrogens is 182 g/mol. The molecule has 66 valence electrons. The second-order valence-corrected chi connectivity index (χ2v) is 2.84. The molecule has 2 nitrogen and oxygen atoms in total. The van der Waals surface area contributed by atoms with E-state index in [1.165, 1.54) is 6.07 Å². The molecule has 3 heteroatoms. The molecule has 0 saturated carbocycles. The van der Waals surface area contributed by atoms with Gasteiger partial charge < -0.3 is 5.11 Å². The number of benzene rings is 1. The number of phenols is 1. The third-order valence-electron chi connectivity index (χ3n) is 1.56. The Bertz CT molecular complexity index is 366. The Hall–Kier alpha value is -1.40. The van der Waals surface area contributed by atoms with E-state index in [0.29, 0.717) is 11.3 Å². The first-order valence-corrected chi connectivity index (χ1v) is 4.41. The minimum Gasteiger partial charge on any atom is -0.507 e. The van der Waals surface area contributed by atoms with Gasteiger partial charge in [0.15, 0.2) is 0 Å². The molecule has 1 N–H and O–H groups in total. The molecule has 13 heavy (non-hydrogen) atoms. The molecule has 1 aromatic rings. The van der Waals surface area contributed by atoms with Gasteiger partial charge in [0.05, 0.1) is 5.56 Å². The van der Waals surface area contributed by atoms with Crippen LogP contribution >= 0.6 is 12.6 Å². The maximum atomic E-state index is 9.20. The maximum absolute atomic E-state index is 9.20. The molecule has 0 aliphatic carbocycles. The quantitative estimate of drug-likeness (QED) is 0.704. The van der Waals surface area contributed by atoms with Crippen LogP contribution < -0.4 is 0 Å². The first kappa shape index (κ1) is 9.69. The normalized spacial score (nSPS) is 10.2. The Labute approximate surface area is 82.5 Å². The third kappa shape index (κ3) is 2.53. The van der Waals surface area contributed by atoms with E-state index < -0.39 is 0 Å². The van der Waals surface area contributed by atoms with Crippen LogP contribution in [0.3, 0.4) is 0 Å². The summed E-state index contributed by atoms with van der Waals surface area (Å²) in [5.41, 5.74) is 1.18. The number of hydrogen-bond acceptors (Lipinski definition) is 3. The summed E-state index contributed by atoms with van der Waals surface area (Å²) in [6.45, 7) is 0. The molecular formula is C10H9NOS. The molecule has 0 aliphatic heterocycles. The van der Waals surface area contributed by atoms with E-state index in [1.807, 2.05) is 18.2 Å². The van der Waals surface area contributed by atoms with Gasteiger partial charge in [-0.3, -0.25) is 0 Å². The second kappa shape index (κ2) is 4.58. The summed E-state index contributed by atoms with van der Waals surface area (Å²) in [6.07, 6.45) is 3.73. The predicted molar refractivity (Wildman–Crippen MR) is 55.7 cm³/mol. The molecule has 0 atom stereocenters. The maximum Gasteiger partial charge on any atom is 0.133 e. The Morgan fingerprint density at radius 1 is 1.54 bits per heavy atom. The van der Waals surface area contributed by atoms with Crippen LogP contribution in [0.25, 0.3) is 6.08 Å². The average Bonchev–Trinajstić information content (AvgIpc) is 2.16. The van der Waals surface area contributed by atoms with Crippen molar-refractivity contribution in [2.24, 2.45) is 0 Å². The van der Waals surface area contributed by atoms with E-state index in [2.05, 4.69) is 12.6 Å². The number of thiol groups is 1. The third-order valence-corrected chi connectivity index (χ3v) is 1.77. The smallest absolute Gasteiger partial charge is 0.133 e. The fourth-order valence-electron chi connectivity index (χ4n) is 0.936. The van der Waals surface area contributed by atoms with Gasteiger partial charge in [-0.25, -0.2) is 0 Å². The van der Waals surface area contributed by atoms with Crippen LogP contribution in [0.5, 0.6) is 5.75 Å². The lowest BCUT2D eigenvalue weighted by Gasteiger charge is -1.96. The average molecular weight is 191 g/mol. The standard InChI is InChI=1S/C10H9NOS/c11-7-9-6-8(2-1-5-13)3-4-10(9)12/h1-4,6,12-13H,5H2. The molecule has 0 amide bonds. The summed E-state index contributed by atoms with van der Waals surface area (Å²) in [7, 11) is 0. The van der Waals surface area contributed by atoms with E-state index in [4.69, 9.17) is 5.26 Å². The van der Waals surface area contributed by atoms with Crippen LogP contribution in [0.4, 0.5) is 0 Å². The highest BCUT2D eigenvalue weighted by atomic mass is 32.1. The zero-order valence-electron chi connectivity index (χ0n) is 6.94. The minimum atomic E-state index is 0.0190. The van der Waals surface area contributed by atoms with E-state index in [-0.39, 0.29) is 5.75 Å². The molecule has 0 heterocycles. The molecule has 0 aliphatic rings. The van der Waals surface area contributed by atoms with Crippen LogP contribution in [0, 0.1) is 11.3 Å². The van der Waals surface area contributed by atoms with Crippen molar-refractivity contribution in [2.75, 3.05) is 5.75 Å². The number of hydrogen-bond donors (Lipinski definition) is 2. The van der Waals surface area contributed by atoms with Crippen LogP contribution in [-0.4, -0.2) is 10.9 Å². The SMILES string of the molecule is N#Cc1cc(C=CCS)ccc1O. The largest absolute Gasteiger partial charge is 0.507 e. The Morgan fingerprint density at radius 2 is 2.31 bits per heavy atom. The number of phenolic OH excluding ortho intramolecular Hbond substituents is 1. The van der Waals surface area contributed by atoms with Gasteiger partial charge in [-0.1, -0.05) is 18.2 Å². The van der Waals surface area contributed by atoms with Crippen molar-refractivity contribution in [3.63, 3.8) is 0 Å². The first-order valence-electron chi connectivity index (χ1n) is 3.78. The van der Waals surface area contributed by atoms with Gasteiger partial charge in [-0.2, -0.15) is 17.9 Å². The highest BCUT2D eigenvalue weighted by Crippen LogP contribution is 2.17. The van der Waals surface area contributed by atoms with E-state index in [1.54, 1.807) is 12.1 Å². The van der Waals surface area contributed by atoms with E-state index in [0.717, 1.165) is 5.56 Å². The fraction of sp³-hybridized carbons (Fsp3) is 0.100. The summed E-state index contributed by atoms with van der Waals surface area (Å²) in [5.74, 6) is 0.675. The van der Waals surface area contributed by atoms with Gasteiger partial charge in [0.1, 0.15) is 11.8 Å². The van der Waals surface area contributed by atoms with Gasteiger partial charge in [0.2, 0.25) is 0 Å². The first-order chi connectivity index (χ1) is 6.27. The van der Waals surface area contributed by atoms with Gasteiger partial charge in [-0.15, -0.1) is 0 Å². The molecule has 0 radical (unpaired) electrons. The molecule has 0 fully saturated rings. The summed E-state index contributed by atoms with van der Waals surface area (Å²) in [4.78, 5) is 0. The second-order valence-electron chi connectivity index (χ2n) is 2.47. The van der Waals surface area contributed by atoms with E-state index in [9.17, 15) is 5.11 Å². The Balaban J connectivity index is 3.01. The van der Waals surface area contributed by atoms with Crippen LogP contribution in [0.15, 0.2) is 24.3 Å². The molecule has 0 aromatic heterocycles. The van der Waals surface area contributed by atoms with Crippen LogP contribution in [0.1, 0.15) is 11.1 Å². The zero-order chi connectivity index (χ0) is 9.68. The summed E-state index contributed by atoms with van der Waals surface area (Å²) in [5, 5.41) is 17.8. The number of nitrogens with zero attached hydrogens (tertiary/aromatic N) is 1. The monoisotopic (exact) mass is 191 g/mol. The van der Waals surface area contributed by atoms with Crippen molar-refractivity contribution >= 4 is 18.7 Å². The van der Waals surface area contributed by atoms with Gasteiger partial charge in [0.25, 0.3) is 0 Å². The topological polar surface area (TPSA) is 44.0 Å². The lowest BCUT2D eigenvalue weighted by Crippen LogP contribution is -1.78. The Kier molecular flexibility index (Phi) is 3.41. The molecule has 1 rings (SSSR count). The lowest BCUT2D eigenvalue weighted by atomic mass is 10.1. The van der Waals surface area contributed by atoms with Crippen molar-refractivity contribution in [1.82, 2.24) is 0 Å². The number of nitriles is 1. The molecule has 1 aromatic carbocycles. The van der Waals surface area contributed by atoms with Gasteiger partial charge >= 0.3 is 0 Å². The minimum absolute atomic E-state index is 0.0190. The number of aromatic hydroxyl groups is 1. The molecule has 0 spiro atoms. The molecule has 0 bridgehead atoms. The van der Waals surface area contributed by atoms with E-state index >= 15 is 0 Å². The summed E-state index contributed by atoms with van der Waals surface area (Å²) < 4.78 is 0. The van der Waals surface area contributed by atoms with Crippen molar-refractivity contribution in [1.29, 1.82) is 5.26 Å². The van der Waals surface area contributed by atoms with Crippen molar-refractivity contribution < 1.29 is 5.11 Å². The summed E-state index contributed by atoms with van der Waals surface area (Å²) >= 11 is 4.02. The molecule has 0 saturated heterocycles. The lowest BCUT2D eigenvalue weighted by molar-refractivity contribution is 0.473. The van der Waals surface area contributed by atoms with Gasteiger partial charge in [0, 0.05) is 5.75 Å². The zero-order valence-corrected chi connectivity index (χ0v) is 7.83. The fourth-order valence-corrected chi connectivity index (χ4v) is 1.04. The summed E-state index contributed by atoms with van der Waals surface area (Å²) in [6, 6.07) is 6.80. The highest BCUT2D eigenvalue weighted by Gasteiger charge is 1.98. The predicted octanol–water partition coefficient (Wildman–Crippen LogP) is 2.21. The van der Waals surface area contributed by atoms with Crippen molar-refractivity contribution in [2.45, 2.75) is 0 Å².